The summed E-state index contributed by atoms with van der Waals surface area (Å²) in [4.78, 5) is 14.5. The summed E-state index contributed by atoms with van der Waals surface area (Å²) in [6.07, 6.45) is 1.52. The van der Waals surface area contributed by atoms with E-state index in [1.807, 2.05) is 52.1 Å². The molecule has 21 heavy (non-hydrogen) atoms. The highest BCUT2D eigenvalue weighted by Gasteiger charge is 2.35. The predicted octanol–water partition coefficient (Wildman–Crippen LogP) is 2.81. The van der Waals surface area contributed by atoms with E-state index in [9.17, 15) is 4.79 Å². The van der Waals surface area contributed by atoms with E-state index in [1.165, 1.54) is 0 Å². The molecule has 0 heterocycles. The average Bonchev–Trinajstić information content (AvgIpc) is 2.51. The number of rotatable bonds is 8. The second kappa shape index (κ2) is 8.03. The summed E-state index contributed by atoms with van der Waals surface area (Å²) in [6, 6.07) is 7.84. The Labute approximate surface area is 128 Å². The normalized spacial score (nSPS) is 11.3. The second-order valence-electron chi connectivity index (χ2n) is 5.39. The summed E-state index contributed by atoms with van der Waals surface area (Å²) in [7, 11) is 1.83. The molecule has 0 atom stereocenters. The molecule has 0 saturated carbocycles. The van der Waals surface area contributed by atoms with Gasteiger partial charge in [-0.1, -0.05) is 32.0 Å². The molecule has 0 aromatic heterocycles. The standard InChI is InChI=1S/C17H28N2O2/c1-5-17(6-2,13-18)16(20)19(4)12-14-10-8-9-11-15(14)21-7-3/h8-11H,5-7,12-13,18H2,1-4H3. The summed E-state index contributed by atoms with van der Waals surface area (Å²) in [5.74, 6) is 0.951. The molecule has 0 aliphatic rings. The number of hydrogen-bond acceptors (Lipinski definition) is 3. The largest absolute Gasteiger partial charge is 0.494 e. The van der Waals surface area contributed by atoms with Crippen LogP contribution in [0.1, 0.15) is 39.2 Å². The maximum atomic E-state index is 12.7. The Morgan fingerprint density at radius 1 is 1.24 bits per heavy atom. The predicted molar refractivity (Wildman–Crippen MR) is 86.2 cm³/mol. The van der Waals surface area contributed by atoms with Gasteiger partial charge in [-0.2, -0.15) is 0 Å². The van der Waals surface area contributed by atoms with Crippen LogP contribution in [0.25, 0.3) is 0 Å². The van der Waals surface area contributed by atoms with Crippen LogP contribution in [0, 0.1) is 5.41 Å². The molecular weight excluding hydrogens is 264 g/mol. The van der Waals surface area contributed by atoms with Crippen LogP contribution >= 0.6 is 0 Å². The Hall–Kier alpha value is -1.55. The van der Waals surface area contributed by atoms with Crippen molar-refractivity contribution in [2.45, 2.75) is 40.2 Å². The van der Waals surface area contributed by atoms with Crippen LogP contribution in [0.5, 0.6) is 5.75 Å². The molecular formula is C17H28N2O2. The summed E-state index contributed by atoms with van der Waals surface area (Å²) in [5, 5.41) is 0. The first kappa shape index (κ1) is 17.5. The number of nitrogens with zero attached hydrogens (tertiary/aromatic N) is 1. The molecule has 2 N–H and O–H groups in total. The minimum atomic E-state index is -0.449. The van der Waals surface area contributed by atoms with Gasteiger partial charge in [-0.15, -0.1) is 0 Å². The van der Waals surface area contributed by atoms with Crippen LogP contribution in [0.4, 0.5) is 0 Å². The highest BCUT2D eigenvalue weighted by atomic mass is 16.5. The smallest absolute Gasteiger partial charge is 0.230 e. The van der Waals surface area contributed by atoms with Crippen LogP contribution in [-0.2, 0) is 11.3 Å². The highest BCUT2D eigenvalue weighted by molar-refractivity contribution is 5.82. The minimum absolute atomic E-state index is 0.112. The van der Waals surface area contributed by atoms with Crippen molar-refractivity contribution in [2.75, 3.05) is 20.2 Å². The van der Waals surface area contributed by atoms with Gasteiger partial charge in [0.05, 0.1) is 12.0 Å². The third kappa shape index (κ3) is 3.97. The van der Waals surface area contributed by atoms with E-state index >= 15 is 0 Å². The van der Waals surface area contributed by atoms with Crippen LogP contribution in [-0.4, -0.2) is 31.0 Å². The molecule has 1 amide bonds. The zero-order valence-corrected chi connectivity index (χ0v) is 13.7. The van der Waals surface area contributed by atoms with Gasteiger partial charge in [0.1, 0.15) is 5.75 Å². The van der Waals surface area contributed by atoms with Crippen molar-refractivity contribution in [2.24, 2.45) is 11.1 Å². The van der Waals surface area contributed by atoms with Gasteiger partial charge in [-0.25, -0.2) is 0 Å². The molecule has 4 nitrogen and oxygen atoms in total. The summed E-state index contributed by atoms with van der Waals surface area (Å²) < 4.78 is 5.62. The molecule has 1 aromatic rings. The number of para-hydroxylation sites is 1. The molecule has 0 radical (unpaired) electrons. The minimum Gasteiger partial charge on any atom is -0.494 e. The first-order chi connectivity index (χ1) is 10.0. The maximum Gasteiger partial charge on any atom is 0.230 e. The molecule has 118 valence electrons. The first-order valence-electron chi connectivity index (χ1n) is 7.71. The number of carbonyl (C=O) groups excluding carboxylic acids is 1. The van der Waals surface area contributed by atoms with Crippen LogP contribution < -0.4 is 10.5 Å². The SMILES string of the molecule is CCOc1ccccc1CN(C)C(=O)C(CC)(CC)CN. The van der Waals surface area contributed by atoms with Crippen molar-refractivity contribution >= 4 is 5.91 Å². The van der Waals surface area contributed by atoms with Crippen molar-refractivity contribution in [3.8, 4) is 5.75 Å². The van der Waals surface area contributed by atoms with Gasteiger partial charge >= 0.3 is 0 Å². The van der Waals surface area contributed by atoms with E-state index in [4.69, 9.17) is 10.5 Å². The number of carbonyl (C=O) groups is 1. The lowest BCUT2D eigenvalue weighted by Crippen LogP contribution is -2.45. The summed E-state index contributed by atoms with van der Waals surface area (Å²) in [6.45, 7) is 7.55. The number of hydrogen-bond donors (Lipinski definition) is 1. The topological polar surface area (TPSA) is 55.6 Å². The third-order valence-electron chi connectivity index (χ3n) is 4.22. The number of nitrogens with two attached hydrogens (primary N) is 1. The number of amides is 1. The molecule has 4 heteroatoms. The van der Waals surface area contributed by atoms with E-state index in [1.54, 1.807) is 4.90 Å². The average molecular weight is 292 g/mol. The Morgan fingerprint density at radius 3 is 2.38 bits per heavy atom. The second-order valence-corrected chi connectivity index (χ2v) is 5.39. The van der Waals surface area contributed by atoms with Gasteiger partial charge in [0, 0.05) is 25.7 Å². The van der Waals surface area contributed by atoms with Gasteiger partial charge in [0.25, 0.3) is 0 Å². The van der Waals surface area contributed by atoms with Gasteiger partial charge in [-0.05, 0) is 25.8 Å². The Kier molecular flexibility index (Phi) is 6.69. The van der Waals surface area contributed by atoms with Crippen LogP contribution in [0.15, 0.2) is 24.3 Å². The van der Waals surface area contributed by atoms with E-state index in [2.05, 4.69) is 0 Å². The Balaban J connectivity index is 2.90. The fraction of sp³-hybridized carbons (Fsp3) is 0.588. The summed E-state index contributed by atoms with van der Waals surface area (Å²) >= 11 is 0. The molecule has 0 bridgehead atoms. The van der Waals surface area contributed by atoms with Crippen molar-refractivity contribution in [3.05, 3.63) is 29.8 Å². The molecule has 0 spiro atoms. The number of benzene rings is 1. The van der Waals surface area contributed by atoms with Gasteiger partial charge in [0.2, 0.25) is 5.91 Å². The molecule has 0 fully saturated rings. The monoisotopic (exact) mass is 292 g/mol. The van der Waals surface area contributed by atoms with Crippen molar-refractivity contribution in [3.63, 3.8) is 0 Å². The number of ether oxygens (including phenoxy) is 1. The fourth-order valence-electron chi connectivity index (χ4n) is 2.59. The molecule has 0 unspecified atom stereocenters. The van der Waals surface area contributed by atoms with E-state index < -0.39 is 5.41 Å². The molecule has 1 aromatic carbocycles. The molecule has 0 aliphatic carbocycles. The van der Waals surface area contributed by atoms with Gasteiger partial charge in [-0.3, -0.25) is 4.79 Å². The first-order valence-corrected chi connectivity index (χ1v) is 7.71. The Morgan fingerprint density at radius 2 is 1.86 bits per heavy atom. The van der Waals surface area contributed by atoms with Gasteiger partial charge < -0.3 is 15.4 Å². The Bertz CT molecular complexity index is 448. The van der Waals surface area contributed by atoms with Crippen molar-refractivity contribution < 1.29 is 9.53 Å². The quantitative estimate of drug-likeness (QED) is 0.801. The van der Waals surface area contributed by atoms with Crippen molar-refractivity contribution in [1.82, 2.24) is 4.90 Å². The summed E-state index contributed by atoms with van der Waals surface area (Å²) in [5.41, 5.74) is 6.44. The lowest BCUT2D eigenvalue weighted by Gasteiger charge is -2.33. The highest BCUT2D eigenvalue weighted by Crippen LogP contribution is 2.29. The maximum absolute atomic E-state index is 12.7. The van der Waals surface area contributed by atoms with Crippen molar-refractivity contribution in [1.29, 1.82) is 0 Å². The molecule has 0 saturated heterocycles. The lowest BCUT2D eigenvalue weighted by molar-refractivity contribution is -0.141. The van der Waals surface area contributed by atoms with Crippen LogP contribution in [0.3, 0.4) is 0 Å². The van der Waals surface area contributed by atoms with E-state index in [0.717, 1.165) is 24.2 Å². The molecule has 1 rings (SSSR count). The zero-order valence-electron chi connectivity index (χ0n) is 13.7. The zero-order chi connectivity index (χ0) is 15.9. The van der Waals surface area contributed by atoms with Crippen LogP contribution in [0.2, 0.25) is 0 Å². The van der Waals surface area contributed by atoms with E-state index in [0.29, 0.717) is 19.7 Å². The lowest BCUT2D eigenvalue weighted by atomic mass is 9.81. The van der Waals surface area contributed by atoms with E-state index in [-0.39, 0.29) is 5.91 Å². The fourth-order valence-corrected chi connectivity index (χ4v) is 2.59. The third-order valence-corrected chi connectivity index (χ3v) is 4.22. The molecule has 0 aliphatic heterocycles. The van der Waals surface area contributed by atoms with Gasteiger partial charge in [0.15, 0.2) is 0 Å².